The molecule has 0 N–H and O–H groups in total. The highest BCUT2D eigenvalue weighted by molar-refractivity contribution is 7.19. The summed E-state index contributed by atoms with van der Waals surface area (Å²) in [7, 11) is -1.52. The van der Waals surface area contributed by atoms with Gasteiger partial charge < -0.3 is 4.43 Å². The summed E-state index contributed by atoms with van der Waals surface area (Å²) in [5, 5.41) is 12.2. The first kappa shape index (κ1) is 19.4. The van der Waals surface area contributed by atoms with Crippen LogP contribution in [0.1, 0.15) is 31.3 Å². The van der Waals surface area contributed by atoms with E-state index in [4.69, 9.17) is 4.43 Å². The predicted molar refractivity (Wildman–Crippen MR) is 122 cm³/mol. The minimum Gasteiger partial charge on any atom is -0.531 e. The van der Waals surface area contributed by atoms with Crippen LogP contribution in [-0.4, -0.2) is 14.0 Å². The van der Waals surface area contributed by atoms with Crippen molar-refractivity contribution in [3.63, 3.8) is 0 Å². The number of fused-ring (bicyclic) bond motifs is 1. The van der Waals surface area contributed by atoms with Gasteiger partial charge in [-0.2, -0.15) is 5.26 Å². The Morgan fingerprint density at radius 2 is 1.52 bits per heavy atom. The van der Waals surface area contributed by atoms with Crippen LogP contribution in [0.4, 0.5) is 0 Å². The summed E-state index contributed by atoms with van der Waals surface area (Å²) in [4.78, 5) is 4.54. The minimum atomic E-state index is -1.52. The number of aromatic nitrogens is 1. The van der Waals surface area contributed by atoms with E-state index < -0.39 is 9.04 Å². The molecular weight excluding hydrogens is 392 g/mol. The summed E-state index contributed by atoms with van der Waals surface area (Å²) in [6.07, 6.45) is 0. The summed E-state index contributed by atoms with van der Waals surface area (Å²) < 4.78 is 7.72. The highest BCUT2D eigenvalue weighted by atomic mass is 32.1. The fraction of sp³-hybridized carbons (Fsp3) is 0.167. The molecule has 143 valence electrons. The molecule has 29 heavy (non-hydrogen) atoms. The number of hydrogen-bond acceptors (Lipinski definition) is 4. The van der Waals surface area contributed by atoms with Gasteiger partial charge in [0.25, 0.3) is 0 Å². The molecule has 0 aliphatic carbocycles. The highest BCUT2D eigenvalue weighted by Crippen LogP contribution is 2.36. The topological polar surface area (TPSA) is 45.9 Å². The van der Waals surface area contributed by atoms with E-state index in [2.05, 4.69) is 68.2 Å². The third-order valence-corrected chi connectivity index (χ3v) is 7.75. The summed E-state index contributed by atoms with van der Waals surface area (Å²) >= 11 is 1.42. The third kappa shape index (κ3) is 4.09. The van der Waals surface area contributed by atoms with Crippen molar-refractivity contribution < 1.29 is 4.43 Å². The lowest BCUT2D eigenvalue weighted by Gasteiger charge is -2.22. The van der Waals surface area contributed by atoms with Gasteiger partial charge in [-0.1, -0.05) is 81.4 Å². The molecule has 0 unspecified atom stereocenters. The Bertz CT molecular complexity index is 1140. The first-order valence-electron chi connectivity index (χ1n) is 9.46. The Morgan fingerprint density at radius 3 is 2.03 bits per heavy atom. The maximum atomic E-state index is 9.36. The molecule has 0 aliphatic rings. The maximum Gasteiger partial charge on any atom is 0.352 e. The fourth-order valence-corrected chi connectivity index (χ4v) is 5.89. The van der Waals surface area contributed by atoms with Crippen LogP contribution in [0.3, 0.4) is 0 Å². The summed E-state index contributed by atoms with van der Waals surface area (Å²) in [5.41, 5.74) is 1.92. The molecule has 0 atom stereocenters. The zero-order chi connectivity index (χ0) is 20.4. The molecule has 5 heteroatoms. The van der Waals surface area contributed by atoms with Gasteiger partial charge in [-0.3, -0.25) is 0 Å². The van der Waals surface area contributed by atoms with Gasteiger partial charge in [0.1, 0.15) is 17.3 Å². The monoisotopic (exact) mass is 413 g/mol. The molecular formula is C24H21N2OSSi. The number of benzene rings is 3. The van der Waals surface area contributed by atoms with E-state index in [1.165, 1.54) is 27.3 Å². The quantitative estimate of drug-likeness (QED) is 0.458. The second-order valence-electron chi connectivity index (χ2n) is 7.87. The Kier molecular flexibility index (Phi) is 5.23. The van der Waals surface area contributed by atoms with Crippen molar-refractivity contribution in [1.82, 2.24) is 4.98 Å². The van der Waals surface area contributed by atoms with Crippen LogP contribution in [0, 0.1) is 11.3 Å². The van der Waals surface area contributed by atoms with Crippen molar-refractivity contribution in [2.24, 2.45) is 0 Å². The lowest BCUT2D eigenvalue weighted by molar-refractivity contribution is 0.570. The Morgan fingerprint density at radius 1 is 0.931 bits per heavy atom. The van der Waals surface area contributed by atoms with Gasteiger partial charge in [0.2, 0.25) is 0 Å². The molecule has 1 heterocycles. The predicted octanol–water partition coefficient (Wildman–Crippen LogP) is 4.65. The molecule has 0 bridgehead atoms. The van der Waals surface area contributed by atoms with Crippen LogP contribution in [0.5, 0.6) is 5.75 Å². The molecule has 3 nitrogen and oxygen atoms in total. The van der Waals surface area contributed by atoms with Crippen molar-refractivity contribution in [2.45, 2.75) is 26.2 Å². The third-order valence-electron chi connectivity index (χ3n) is 4.71. The molecule has 1 aromatic heterocycles. The number of nitriles is 1. The zero-order valence-corrected chi connectivity index (χ0v) is 18.5. The van der Waals surface area contributed by atoms with E-state index >= 15 is 0 Å². The molecule has 3 aromatic carbocycles. The van der Waals surface area contributed by atoms with E-state index in [9.17, 15) is 5.26 Å². The SMILES string of the molecule is CC(C)(C)c1cc(O[Si](c2ccccc2)c2ccccc2)c2nc(C#N)sc2c1. The molecule has 4 aromatic rings. The summed E-state index contributed by atoms with van der Waals surface area (Å²) in [6.45, 7) is 6.55. The number of hydrogen-bond donors (Lipinski definition) is 0. The Balaban J connectivity index is 1.88. The molecule has 0 spiro atoms. The summed E-state index contributed by atoms with van der Waals surface area (Å²) in [6, 6.07) is 27.1. The first-order valence-corrected chi connectivity index (χ1v) is 11.7. The smallest absolute Gasteiger partial charge is 0.352 e. The van der Waals surface area contributed by atoms with Gasteiger partial charge in [0, 0.05) is 0 Å². The molecule has 0 amide bonds. The van der Waals surface area contributed by atoms with Gasteiger partial charge in [0.05, 0.1) is 4.70 Å². The van der Waals surface area contributed by atoms with Gasteiger partial charge in [-0.25, -0.2) is 4.98 Å². The van der Waals surface area contributed by atoms with Gasteiger partial charge >= 0.3 is 9.04 Å². The molecule has 0 aliphatic heterocycles. The van der Waals surface area contributed by atoms with Gasteiger partial charge in [-0.05, 0) is 33.5 Å². The lowest BCUT2D eigenvalue weighted by Crippen LogP contribution is -2.47. The van der Waals surface area contributed by atoms with Crippen molar-refractivity contribution in [2.75, 3.05) is 0 Å². The molecule has 4 rings (SSSR count). The van der Waals surface area contributed by atoms with Crippen LogP contribution in [0.15, 0.2) is 72.8 Å². The Hall–Kier alpha value is -2.94. The van der Waals surface area contributed by atoms with E-state index in [-0.39, 0.29) is 5.41 Å². The van der Waals surface area contributed by atoms with Crippen molar-refractivity contribution >= 4 is 41.0 Å². The molecule has 0 fully saturated rings. The second-order valence-corrected chi connectivity index (χ2v) is 10.9. The fourth-order valence-electron chi connectivity index (χ4n) is 3.13. The zero-order valence-electron chi connectivity index (χ0n) is 16.6. The lowest BCUT2D eigenvalue weighted by atomic mass is 9.87. The van der Waals surface area contributed by atoms with E-state index in [1.54, 1.807) is 0 Å². The first-order chi connectivity index (χ1) is 14.0. The van der Waals surface area contributed by atoms with E-state index in [0.717, 1.165) is 16.0 Å². The van der Waals surface area contributed by atoms with Crippen LogP contribution in [0.25, 0.3) is 10.2 Å². The highest BCUT2D eigenvalue weighted by Gasteiger charge is 2.25. The van der Waals surface area contributed by atoms with Crippen LogP contribution in [0.2, 0.25) is 0 Å². The van der Waals surface area contributed by atoms with Gasteiger partial charge in [-0.15, -0.1) is 11.3 Å². The van der Waals surface area contributed by atoms with Crippen LogP contribution in [-0.2, 0) is 5.41 Å². The largest absolute Gasteiger partial charge is 0.531 e. The van der Waals surface area contributed by atoms with Gasteiger partial charge in [0.15, 0.2) is 5.01 Å². The second kappa shape index (κ2) is 7.82. The van der Waals surface area contributed by atoms with Crippen molar-refractivity contribution in [3.05, 3.63) is 83.4 Å². The standard InChI is InChI=1S/C24H21N2OSSi/c1-24(2,3)17-14-20(23-21(15-17)28-22(16-25)26-23)27-29(18-10-6-4-7-11-18)19-12-8-5-9-13-19/h4-15H,1-3H3. The number of thiazole rings is 1. The average Bonchev–Trinajstić information content (AvgIpc) is 3.16. The molecule has 0 saturated heterocycles. The molecule has 0 saturated carbocycles. The number of nitrogens with zero attached hydrogens (tertiary/aromatic N) is 2. The van der Waals surface area contributed by atoms with E-state index in [0.29, 0.717) is 5.01 Å². The maximum absolute atomic E-state index is 9.36. The van der Waals surface area contributed by atoms with Crippen LogP contribution >= 0.6 is 11.3 Å². The summed E-state index contributed by atoms with van der Waals surface area (Å²) in [5.74, 6) is 0.756. The average molecular weight is 414 g/mol. The minimum absolute atomic E-state index is 0.0322. The van der Waals surface area contributed by atoms with E-state index in [1.807, 2.05) is 36.4 Å². The number of rotatable bonds is 4. The molecule has 1 radical (unpaired) electrons. The van der Waals surface area contributed by atoms with Crippen LogP contribution < -0.4 is 14.8 Å². The van der Waals surface area contributed by atoms with Crippen molar-refractivity contribution in [3.8, 4) is 11.8 Å². The Labute approximate surface area is 177 Å². The van der Waals surface area contributed by atoms with Crippen molar-refractivity contribution in [1.29, 1.82) is 5.26 Å². The normalized spacial score (nSPS) is 11.6.